The summed E-state index contributed by atoms with van der Waals surface area (Å²) in [4.78, 5) is 12.8. The van der Waals surface area contributed by atoms with Crippen molar-refractivity contribution in [1.82, 2.24) is 0 Å². The quantitative estimate of drug-likeness (QED) is 0.377. The summed E-state index contributed by atoms with van der Waals surface area (Å²) < 4.78 is 38.5. The molecule has 1 nitrogen and oxygen atoms in total. The van der Waals surface area contributed by atoms with Crippen molar-refractivity contribution in [3.63, 3.8) is 0 Å². The van der Waals surface area contributed by atoms with Gasteiger partial charge in [-0.05, 0) is 116 Å². The Morgan fingerprint density at radius 2 is 1.63 bits per heavy atom. The van der Waals surface area contributed by atoms with Crippen LogP contribution in [0.5, 0.6) is 0 Å². The van der Waals surface area contributed by atoms with Crippen LogP contribution in [0.15, 0.2) is 24.3 Å². The monoisotopic (exact) mass is 488 g/mol. The molecule has 0 aromatic heterocycles. The van der Waals surface area contributed by atoms with Crippen molar-refractivity contribution >= 4 is 5.78 Å². The number of ketones is 1. The zero-order chi connectivity index (χ0) is 25.0. The first-order chi connectivity index (χ1) is 16.5. The summed E-state index contributed by atoms with van der Waals surface area (Å²) in [5, 5.41) is 0. The molecule has 0 N–H and O–H groups in total. The van der Waals surface area contributed by atoms with Gasteiger partial charge in [-0.25, -0.2) is 0 Å². The zero-order valence-corrected chi connectivity index (χ0v) is 21.8. The Balaban J connectivity index is 1.22. The molecule has 194 valence electrons. The lowest BCUT2D eigenvalue weighted by atomic mass is 9.44. The molecule has 4 saturated carbocycles. The van der Waals surface area contributed by atoms with E-state index < -0.39 is 11.7 Å². The molecule has 0 radical (unpaired) electrons. The summed E-state index contributed by atoms with van der Waals surface area (Å²) in [7, 11) is 0. The van der Waals surface area contributed by atoms with Crippen molar-refractivity contribution in [1.29, 1.82) is 0 Å². The van der Waals surface area contributed by atoms with E-state index in [2.05, 4.69) is 20.8 Å². The van der Waals surface area contributed by atoms with Gasteiger partial charge in [-0.3, -0.25) is 4.79 Å². The third kappa shape index (κ3) is 4.39. The normalized spacial score (nSPS) is 39.9. The summed E-state index contributed by atoms with van der Waals surface area (Å²) in [6, 6.07) is 4.73. The minimum absolute atomic E-state index is 0.0301. The maximum Gasteiger partial charge on any atom is 0.416 e. The molecule has 0 bridgehead atoms. The predicted octanol–water partition coefficient (Wildman–Crippen LogP) is 9.35. The summed E-state index contributed by atoms with van der Waals surface area (Å²) in [5.41, 5.74) is 0.661. The van der Waals surface area contributed by atoms with E-state index in [9.17, 15) is 18.0 Å². The molecule has 0 aliphatic heterocycles. The van der Waals surface area contributed by atoms with E-state index in [0.29, 0.717) is 34.7 Å². The average molecular weight is 489 g/mol. The molecule has 4 aliphatic rings. The summed E-state index contributed by atoms with van der Waals surface area (Å²) >= 11 is 0. The van der Waals surface area contributed by atoms with Crippen molar-refractivity contribution in [2.24, 2.45) is 46.3 Å². The molecule has 1 aromatic carbocycles. The van der Waals surface area contributed by atoms with Gasteiger partial charge < -0.3 is 0 Å². The Morgan fingerprint density at radius 1 is 0.914 bits per heavy atom. The van der Waals surface area contributed by atoms with E-state index in [0.717, 1.165) is 42.2 Å². The maximum absolute atomic E-state index is 12.8. The van der Waals surface area contributed by atoms with E-state index in [1.165, 1.54) is 76.3 Å². The Kier molecular flexibility index (Phi) is 6.67. The van der Waals surface area contributed by atoms with E-state index in [1.54, 1.807) is 0 Å². The van der Waals surface area contributed by atoms with E-state index in [-0.39, 0.29) is 5.78 Å². The Hall–Kier alpha value is -1.32. The Labute approximate surface area is 209 Å². The van der Waals surface area contributed by atoms with E-state index in [1.807, 2.05) is 0 Å². The minimum Gasteiger partial charge on any atom is -0.294 e. The van der Waals surface area contributed by atoms with Crippen LogP contribution in [0.1, 0.15) is 114 Å². The van der Waals surface area contributed by atoms with Crippen LogP contribution in [0.2, 0.25) is 0 Å². The number of carbonyl (C=O) groups is 1. The minimum atomic E-state index is -4.36. The number of hydrogen-bond donors (Lipinski definition) is 0. The van der Waals surface area contributed by atoms with Gasteiger partial charge in [0, 0.05) is 12.0 Å². The molecule has 35 heavy (non-hydrogen) atoms. The fourth-order valence-corrected chi connectivity index (χ4v) is 9.82. The number of halogens is 3. The number of benzene rings is 1. The van der Waals surface area contributed by atoms with Crippen LogP contribution in [0.25, 0.3) is 0 Å². The van der Waals surface area contributed by atoms with Crippen LogP contribution in [0.3, 0.4) is 0 Å². The molecular formula is C31H43F3O. The number of alkyl halides is 3. The molecular weight excluding hydrogens is 445 g/mol. The smallest absolute Gasteiger partial charge is 0.294 e. The first kappa shape index (κ1) is 25.3. The van der Waals surface area contributed by atoms with Crippen molar-refractivity contribution in [2.75, 3.05) is 0 Å². The zero-order valence-electron chi connectivity index (χ0n) is 21.8. The van der Waals surface area contributed by atoms with Gasteiger partial charge in [0.2, 0.25) is 0 Å². The first-order valence-corrected chi connectivity index (χ1v) is 14.2. The second-order valence-electron chi connectivity index (χ2n) is 13.1. The second kappa shape index (κ2) is 9.21. The summed E-state index contributed by atoms with van der Waals surface area (Å²) in [5.74, 6) is 4.69. The van der Waals surface area contributed by atoms with Crippen molar-refractivity contribution < 1.29 is 18.0 Å². The number of hydrogen-bond acceptors (Lipinski definition) is 1. The van der Waals surface area contributed by atoms with Crippen molar-refractivity contribution in [3.8, 4) is 0 Å². The highest BCUT2D eigenvalue weighted by molar-refractivity contribution is 5.96. The molecule has 4 fully saturated rings. The highest BCUT2D eigenvalue weighted by atomic mass is 19.4. The Bertz CT molecular complexity index is 920. The van der Waals surface area contributed by atoms with Crippen LogP contribution in [-0.4, -0.2) is 5.78 Å². The number of fused-ring (bicyclic) bond motifs is 5. The van der Waals surface area contributed by atoms with Crippen LogP contribution in [0, 0.1) is 46.3 Å². The maximum atomic E-state index is 12.8. The molecule has 1 aromatic rings. The largest absolute Gasteiger partial charge is 0.416 e. The van der Waals surface area contributed by atoms with Gasteiger partial charge in [0.1, 0.15) is 0 Å². The van der Waals surface area contributed by atoms with E-state index in [4.69, 9.17) is 0 Å². The molecule has 5 rings (SSSR count). The van der Waals surface area contributed by atoms with Gasteiger partial charge in [-0.1, -0.05) is 45.7 Å². The molecule has 4 aliphatic carbocycles. The lowest BCUT2D eigenvalue weighted by Gasteiger charge is -2.61. The lowest BCUT2D eigenvalue weighted by Crippen LogP contribution is -2.53. The van der Waals surface area contributed by atoms with Crippen molar-refractivity contribution in [2.45, 2.75) is 104 Å². The Morgan fingerprint density at radius 3 is 2.34 bits per heavy atom. The summed E-state index contributed by atoms with van der Waals surface area (Å²) in [6.45, 7) is 7.52. The molecule has 0 amide bonds. The number of rotatable bonds is 5. The van der Waals surface area contributed by atoms with Gasteiger partial charge >= 0.3 is 6.18 Å². The number of carbonyl (C=O) groups excluding carboxylic acids is 1. The van der Waals surface area contributed by atoms with Crippen LogP contribution in [0.4, 0.5) is 13.2 Å². The van der Waals surface area contributed by atoms with Crippen LogP contribution < -0.4 is 0 Å². The van der Waals surface area contributed by atoms with Gasteiger partial charge in [-0.15, -0.1) is 0 Å². The van der Waals surface area contributed by atoms with E-state index >= 15 is 0 Å². The van der Waals surface area contributed by atoms with Crippen LogP contribution >= 0.6 is 0 Å². The van der Waals surface area contributed by atoms with Gasteiger partial charge in [0.25, 0.3) is 0 Å². The SMILES string of the molecule is C[C@H](CCC(=O)c1ccc(C(F)(F)F)cc1)[C@H]1CC[C@H]2[C@@H]3CCC4CCCC[C@]4(C)[C@H]3CC[C@]12C. The molecule has 8 atom stereocenters. The third-order valence-electron chi connectivity index (χ3n) is 11.7. The van der Waals surface area contributed by atoms with Gasteiger partial charge in [0.15, 0.2) is 5.78 Å². The third-order valence-corrected chi connectivity index (χ3v) is 11.7. The molecule has 0 heterocycles. The van der Waals surface area contributed by atoms with Gasteiger partial charge in [-0.2, -0.15) is 13.2 Å². The first-order valence-electron chi connectivity index (χ1n) is 14.2. The predicted molar refractivity (Wildman–Crippen MR) is 134 cm³/mol. The highest BCUT2D eigenvalue weighted by Crippen LogP contribution is 2.68. The molecule has 4 heteroatoms. The fraction of sp³-hybridized carbons (Fsp3) is 0.774. The molecule has 0 saturated heterocycles. The van der Waals surface area contributed by atoms with Crippen molar-refractivity contribution in [3.05, 3.63) is 35.4 Å². The lowest BCUT2D eigenvalue weighted by molar-refractivity contribution is -0.137. The van der Waals surface area contributed by atoms with Crippen LogP contribution in [-0.2, 0) is 6.18 Å². The topological polar surface area (TPSA) is 17.1 Å². The number of Topliss-reactive ketones (excluding diaryl/α,β-unsaturated/α-hetero) is 1. The second-order valence-corrected chi connectivity index (χ2v) is 13.1. The average Bonchev–Trinajstić information content (AvgIpc) is 3.19. The molecule has 0 spiro atoms. The molecule has 1 unspecified atom stereocenters. The fourth-order valence-electron chi connectivity index (χ4n) is 9.82. The highest BCUT2D eigenvalue weighted by Gasteiger charge is 2.60. The summed E-state index contributed by atoms with van der Waals surface area (Å²) in [6.07, 6.45) is 10.9. The van der Waals surface area contributed by atoms with Gasteiger partial charge in [0.05, 0.1) is 5.56 Å². The standard InChI is InChI=1S/C31H43F3O/c1-20(7-16-28(35)21-8-10-23(11-9-21)31(32,33)34)25-14-15-26-24-13-12-22-6-4-5-18-29(22,2)27(24)17-19-30(25,26)3/h8-11,20,22,24-27H,4-7,12-19H2,1-3H3/t20-,22?,24+,25-,26+,27+,29+,30-/m1/s1.